The number of benzene rings is 3. The monoisotopic (exact) mass is 576 g/mol. The molecule has 0 saturated heterocycles. The van der Waals surface area contributed by atoms with Crippen LogP contribution < -0.4 is 5.32 Å². The van der Waals surface area contributed by atoms with Crippen LogP contribution in [0.4, 0.5) is 0 Å². The first-order valence-corrected chi connectivity index (χ1v) is 14.4. The first-order valence-electron chi connectivity index (χ1n) is 12.3. The summed E-state index contributed by atoms with van der Waals surface area (Å²) in [6, 6.07) is 21.8. The number of halogens is 3. The van der Waals surface area contributed by atoms with Gasteiger partial charge < -0.3 is 10.2 Å². The molecule has 3 rings (SSSR count). The Balaban J connectivity index is 1.85. The second-order valence-corrected chi connectivity index (χ2v) is 11.1. The van der Waals surface area contributed by atoms with Crippen LogP contribution >= 0.6 is 46.6 Å². The van der Waals surface area contributed by atoms with Gasteiger partial charge in [-0.15, -0.1) is 11.8 Å². The average Bonchev–Trinajstić information content (AvgIpc) is 2.89. The molecule has 0 aliphatic carbocycles. The molecule has 3 aromatic carbocycles. The third kappa shape index (κ3) is 9.57. The topological polar surface area (TPSA) is 49.4 Å². The molecule has 0 aliphatic heterocycles. The minimum Gasteiger partial charge on any atom is -0.354 e. The fraction of sp³-hybridized carbons (Fsp3) is 0.310. The molecule has 1 atom stereocenters. The third-order valence-corrected chi connectivity index (χ3v) is 7.71. The Hall–Kier alpha value is -2.18. The van der Waals surface area contributed by atoms with Crippen LogP contribution in [0.3, 0.4) is 0 Å². The molecule has 37 heavy (non-hydrogen) atoms. The van der Waals surface area contributed by atoms with Gasteiger partial charge in [0.2, 0.25) is 11.8 Å². The highest BCUT2D eigenvalue weighted by Gasteiger charge is 2.30. The standard InChI is InChI=1S/C29H31Cl3N2O2S/c1-2-3-16-33-29(36)27(18-21-7-5-4-6-8-21)34(20-22-9-10-24(31)19-26(22)32)28(35)15-17-37-25-13-11-23(30)12-14-25/h4-14,19,27H,2-3,15-18,20H2,1H3,(H,33,36)/t27-/m1/s1. The molecule has 1 N–H and O–H groups in total. The lowest BCUT2D eigenvalue weighted by Crippen LogP contribution is -2.50. The number of rotatable bonds is 13. The van der Waals surface area contributed by atoms with E-state index in [4.69, 9.17) is 34.8 Å². The molecular formula is C29H31Cl3N2O2S. The molecule has 0 aliphatic rings. The highest BCUT2D eigenvalue weighted by molar-refractivity contribution is 7.99. The van der Waals surface area contributed by atoms with Crippen molar-refractivity contribution in [1.29, 1.82) is 0 Å². The van der Waals surface area contributed by atoms with E-state index >= 15 is 0 Å². The minimum atomic E-state index is -0.681. The average molecular weight is 578 g/mol. The molecule has 0 radical (unpaired) electrons. The normalized spacial score (nSPS) is 11.7. The van der Waals surface area contributed by atoms with Crippen LogP contribution in [0.2, 0.25) is 15.1 Å². The Kier molecular flexibility index (Phi) is 12.1. The fourth-order valence-electron chi connectivity index (χ4n) is 3.82. The van der Waals surface area contributed by atoms with Crippen LogP contribution in [0.25, 0.3) is 0 Å². The predicted molar refractivity (Wildman–Crippen MR) is 156 cm³/mol. The first-order chi connectivity index (χ1) is 17.9. The van der Waals surface area contributed by atoms with E-state index in [0.29, 0.717) is 33.8 Å². The summed E-state index contributed by atoms with van der Waals surface area (Å²) in [6.45, 7) is 2.85. The summed E-state index contributed by atoms with van der Waals surface area (Å²) in [5, 5.41) is 4.68. The van der Waals surface area contributed by atoms with Crippen LogP contribution in [-0.4, -0.2) is 35.1 Å². The number of unbranched alkanes of at least 4 members (excludes halogenated alkanes) is 1. The number of amides is 2. The number of carbonyl (C=O) groups excluding carboxylic acids is 2. The quantitative estimate of drug-likeness (QED) is 0.167. The van der Waals surface area contributed by atoms with Crippen LogP contribution in [0, 0.1) is 0 Å². The SMILES string of the molecule is CCCCNC(=O)[C@@H](Cc1ccccc1)N(Cc1ccc(Cl)cc1Cl)C(=O)CCSc1ccc(Cl)cc1. The van der Waals surface area contributed by atoms with Gasteiger partial charge in [0.1, 0.15) is 6.04 Å². The van der Waals surface area contributed by atoms with E-state index in [1.54, 1.807) is 28.8 Å². The third-order valence-electron chi connectivity index (χ3n) is 5.85. The van der Waals surface area contributed by atoms with Gasteiger partial charge in [0.05, 0.1) is 0 Å². The summed E-state index contributed by atoms with van der Waals surface area (Å²) in [7, 11) is 0. The second kappa shape index (κ2) is 15.3. The van der Waals surface area contributed by atoms with Crippen molar-refractivity contribution in [2.45, 2.75) is 50.1 Å². The molecule has 0 spiro atoms. The minimum absolute atomic E-state index is 0.112. The van der Waals surface area contributed by atoms with E-state index in [2.05, 4.69) is 12.2 Å². The summed E-state index contributed by atoms with van der Waals surface area (Å²) in [4.78, 5) is 29.8. The molecule has 0 heterocycles. The van der Waals surface area contributed by atoms with E-state index in [0.717, 1.165) is 28.9 Å². The van der Waals surface area contributed by atoms with Crippen LogP contribution in [0.15, 0.2) is 77.7 Å². The number of hydrogen-bond donors (Lipinski definition) is 1. The van der Waals surface area contributed by atoms with Gasteiger partial charge in [-0.2, -0.15) is 0 Å². The van der Waals surface area contributed by atoms with Gasteiger partial charge in [-0.25, -0.2) is 0 Å². The molecule has 196 valence electrons. The van der Waals surface area contributed by atoms with Gasteiger partial charge in [-0.1, -0.05) is 84.5 Å². The van der Waals surface area contributed by atoms with Crippen molar-refractivity contribution in [2.75, 3.05) is 12.3 Å². The van der Waals surface area contributed by atoms with Gasteiger partial charge in [0, 0.05) is 51.6 Å². The Morgan fingerprint density at radius 2 is 1.65 bits per heavy atom. The summed E-state index contributed by atoms with van der Waals surface area (Å²) < 4.78 is 0. The van der Waals surface area contributed by atoms with E-state index in [1.165, 1.54) is 0 Å². The Morgan fingerprint density at radius 3 is 2.32 bits per heavy atom. The fourth-order valence-corrected chi connectivity index (χ4v) is 5.26. The van der Waals surface area contributed by atoms with Gasteiger partial charge in [0.25, 0.3) is 0 Å². The molecule has 4 nitrogen and oxygen atoms in total. The van der Waals surface area contributed by atoms with Crippen LogP contribution in [0.5, 0.6) is 0 Å². The van der Waals surface area contributed by atoms with E-state index in [-0.39, 0.29) is 24.8 Å². The maximum absolute atomic E-state index is 13.7. The summed E-state index contributed by atoms with van der Waals surface area (Å²) >= 11 is 20.2. The van der Waals surface area contributed by atoms with E-state index in [1.807, 2.05) is 60.7 Å². The number of carbonyl (C=O) groups is 2. The zero-order valence-electron chi connectivity index (χ0n) is 20.8. The number of hydrogen-bond acceptors (Lipinski definition) is 3. The highest BCUT2D eigenvalue weighted by atomic mass is 35.5. The van der Waals surface area contributed by atoms with Crippen LogP contribution in [-0.2, 0) is 22.6 Å². The highest BCUT2D eigenvalue weighted by Crippen LogP contribution is 2.26. The second-order valence-electron chi connectivity index (χ2n) is 8.66. The molecule has 0 unspecified atom stereocenters. The first kappa shape index (κ1) is 29.4. The lowest BCUT2D eigenvalue weighted by Gasteiger charge is -2.32. The lowest BCUT2D eigenvalue weighted by molar-refractivity contribution is -0.141. The Bertz CT molecular complexity index is 1160. The number of nitrogens with zero attached hydrogens (tertiary/aromatic N) is 1. The lowest BCUT2D eigenvalue weighted by atomic mass is 10.0. The van der Waals surface area contributed by atoms with Crippen molar-refractivity contribution in [2.24, 2.45) is 0 Å². The van der Waals surface area contributed by atoms with Crippen molar-refractivity contribution >= 4 is 58.4 Å². The molecule has 0 bridgehead atoms. The zero-order valence-corrected chi connectivity index (χ0v) is 23.8. The molecule has 0 aromatic heterocycles. The smallest absolute Gasteiger partial charge is 0.243 e. The molecular weight excluding hydrogens is 547 g/mol. The van der Waals surface area contributed by atoms with Crippen molar-refractivity contribution < 1.29 is 9.59 Å². The molecule has 8 heteroatoms. The maximum atomic E-state index is 13.7. The Morgan fingerprint density at radius 1 is 0.946 bits per heavy atom. The largest absolute Gasteiger partial charge is 0.354 e. The van der Waals surface area contributed by atoms with Crippen molar-refractivity contribution in [3.05, 3.63) is 99.0 Å². The molecule has 0 saturated carbocycles. The number of thioether (sulfide) groups is 1. The van der Waals surface area contributed by atoms with Crippen molar-refractivity contribution in [3.63, 3.8) is 0 Å². The van der Waals surface area contributed by atoms with E-state index < -0.39 is 6.04 Å². The van der Waals surface area contributed by atoms with Gasteiger partial charge in [0.15, 0.2) is 0 Å². The van der Waals surface area contributed by atoms with E-state index in [9.17, 15) is 9.59 Å². The van der Waals surface area contributed by atoms with Crippen LogP contribution in [0.1, 0.15) is 37.3 Å². The van der Waals surface area contributed by atoms with Gasteiger partial charge in [-0.05, 0) is 53.9 Å². The Labute approximate surface area is 238 Å². The van der Waals surface area contributed by atoms with Crippen molar-refractivity contribution in [3.8, 4) is 0 Å². The molecule has 3 aromatic rings. The maximum Gasteiger partial charge on any atom is 0.243 e. The summed E-state index contributed by atoms with van der Waals surface area (Å²) in [5.41, 5.74) is 1.72. The molecule has 0 fully saturated rings. The molecule has 2 amide bonds. The van der Waals surface area contributed by atoms with Gasteiger partial charge >= 0.3 is 0 Å². The number of nitrogens with one attached hydrogen (secondary N) is 1. The van der Waals surface area contributed by atoms with Gasteiger partial charge in [-0.3, -0.25) is 9.59 Å². The zero-order chi connectivity index (χ0) is 26.6. The summed E-state index contributed by atoms with van der Waals surface area (Å²) in [6.07, 6.45) is 2.51. The summed E-state index contributed by atoms with van der Waals surface area (Å²) in [5.74, 6) is 0.293. The predicted octanol–water partition coefficient (Wildman–Crippen LogP) is 7.69. The van der Waals surface area contributed by atoms with Crippen molar-refractivity contribution in [1.82, 2.24) is 10.2 Å².